The van der Waals surface area contributed by atoms with Crippen LogP contribution in [0.15, 0.2) is 42.5 Å². The predicted octanol–water partition coefficient (Wildman–Crippen LogP) is 4.21. The molecule has 1 fully saturated rings. The number of ether oxygens (including phenoxy) is 1. The van der Waals surface area contributed by atoms with Gasteiger partial charge in [-0.2, -0.15) is 0 Å². The fraction of sp³-hybridized carbons (Fsp3) is 0.391. The average Bonchev–Trinajstić information content (AvgIpc) is 3.24. The lowest BCUT2D eigenvalue weighted by atomic mass is 9.90. The molecule has 2 aliphatic rings. The molecule has 1 saturated heterocycles. The lowest BCUT2D eigenvalue weighted by Crippen LogP contribution is -2.45. The molecule has 0 saturated carbocycles. The molecule has 1 aliphatic carbocycles. The van der Waals surface area contributed by atoms with E-state index in [0.29, 0.717) is 24.4 Å². The highest BCUT2D eigenvalue weighted by atomic mass is 16.5. The number of amides is 3. The lowest BCUT2D eigenvalue weighted by molar-refractivity contribution is -0.119. The number of benzene rings is 2. The minimum Gasteiger partial charge on any atom is -0.497 e. The highest BCUT2D eigenvalue weighted by Crippen LogP contribution is 2.29. The molecule has 152 valence electrons. The summed E-state index contributed by atoms with van der Waals surface area (Å²) < 4.78 is 5.20. The molecule has 0 bridgehead atoms. The molecule has 0 radical (unpaired) electrons. The van der Waals surface area contributed by atoms with Crippen molar-refractivity contribution in [1.29, 1.82) is 0 Å². The van der Waals surface area contributed by atoms with Crippen molar-refractivity contribution in [3.05, 3.63) is 53.6 Å². The molecule has 1 aliphatic heterocycles. The Hall–Kier alpha value is -3.02. The Balaban J connectivity index is 1.45. The number of urea groups is 1. The van der Waals surface area contributed by atoms with Crippen LogP contribution in [0, 0.1) is 0 Å². The van der Waals surface area contributed by atoms with E-state index < -0.39 is 6.04 Å². The summed E-state index contributed by atoms with van der Waals surface area (Å²) in [6.07, 6.45) is 5.90. The van der Waals surface area contributed by atoms with Gasteiger partial charge in [0.05, 0.1) is 7.11 Å². The monoisotopic (exact) mass is 393 g/mol. The minimum atomic E-state index is -0.458. The molecule has 6 heteroatoms. The summed E-state index contributed by atoms with van der Waals surface area (Å²) in [5.74, 6) is 0.564. The smallest absolute Gasteiger partial charge is 0.322 e. The maximum Gasteiger partial charge on any atom is 0.322 e. The van der Waals surface area contributed by atoms with Crippen LogP contribution in [-0.4, -0.2) is 36.5 Å². The maximum atomic E-state index is 13.0. The summed E-state index contributed by atoms with van der Waals surface area (Å²) in [5.41, 5.74) is 4.12. The van der Waals surface area contributed by atoms with E-state index in [0.717, 1.165) is 31.4 Å². The number of fused-ring (bicyclic) bond motifs is 1. The van der Waals surface area contributed by atoms with Crippen LogP contribution in [0.5, 0.6) is 5.75 Å². The molecule has 0 aromatic heterocycles. The highest BCUT2D eigenvalue weighted by molar-refractivity contribution is 6.00. The van der Waals surface area contributed by atoms with Gasteiger partial charge in [-0.25, -0.2) is 4.79 Å². The number of methoxy groups -OCH3 is 1. The number of rotatable bonds is 4. The van der Waals surface area contributed by atoms with E-state index in [2.05, 4.69) is 16.7 Å². The van der Waals surface area contributed by atoms with Crippen LogP contribution in [0.1, 0.15) is 36.8 Å². The first-order chi connectivity index (χ1) is 14.2. The minimum absolute atomic E-state index is 0.109. The van der Waals surface area contributed by atoms with Gasteiger partial charge in [0.15, 0.2) is 0 Å². The van der Waals surface area contributed by atoms with Crippen LogP contribution in [0.3, 0.4) is 0 Å². The molecule has 2 aromatic carbocycles. The van der Waals surface area contributed by atoms with E-state index in [1.165, 1.54) is 17.5 Å². The number of nitrogens with zero attached hydrogens (tertiary/aromatic N) is 1. The van der Waals surface area contributed by atoms with Gasteiger partial charge >= 0.3 is 6.03 Å². The van der Waals surface area contributed by atoms with E-state index in [1.54, 1.807) is 18.1 Å². The topological polar surface area (TPSA) is 70.7 Å². The van der Waals surface area contributed by atoms with Crippen molar-refractivity contribution in [3.8, 4) is 5.75 Å². The molecule has 3 amide bonds. The zero-order chi connectivity index (χ0) is 20.2. The van der Waals surface area contributed by atoms with Gasteiger partial charge in [-0.3, -0.25) is 4.79 Å². The Bertz CT molecular complexity index is 912. The van der Waals surface area contributed by atoms with Crippen LogP contribution < -0.4 is 15.4 Å². The maximum absolute atomic E-state index is 13.0. The van der Waals surface area contributed by atoms with Gasteiger partial charge in [-0.15, -0.1) is 0 Å². The lowest BCUT2D eigenvalue weighted by Gasteiger charge is -2.26. The molecule has 2 aromatic rings. The zero-order valence-electron chi connectivity index (χ0n) is 16.7. The van der Waals surface area contributed by atoms with Crippen molar-refractivity contribution < 1.29 is 14.3 Å². The molecular weight excluding hydrogens is 366 g/mol. The average molecular weight is 393 g/mol. The predicted molar refractivity (Wildman–Crippen MR) is 113 cm³/mol. The summed E-state index contributed by atoms with van der Waals surface area (Å²) in [5, 5.41) is 5.98. The van der Waals surface area contributed by atoms with Gasteiger partial charge in [0.1, 0.15) is 11.8 Å². The van der Waals surface area contributed by atoms with E-state index in [9.17, 15) is 9.59 Å². The number of likely N-dealkylation sites (tertiary alicyclic amines) is 1. The Morgan fingerprint density at radius 3 is 2.72 bits per heavy atom. The molecule has 0 spiro atoms. The van der Waals surface area contributed by atoms with Crippen molar-refractivity contribution >= 4 is 23.3 Å². The Labute approximate surface area is 171 Å². The first kappa shape index (κ1) is 19.3. The molecule has 4 rings (SSSR count). The highest BCUT2D eigenvalue weighted by Gasteiger charge is 2.34. The first-order valence-corrected chi connectivity index (χ1v) is 10.3. The molecule has 1 heterocycles. The van der Waals surface area contributed by atoms with Crippen molar-refractivity contribution in [3.63, 3.8) is 0 Å². The second kappa shape index (κ2) is 8.55. The number of aryl methyl sites for hydroxylation is 1. The van der Waals surface area contributed by atoms with Crippen LogP contribution in [0.25, 0.3) is 0 Å². The Morgan fingerprint density at radius 2 is 1.86 bits per heavy atom. The summed E-state index contributed by atoms with van der Waals surface area (Å²) in [4.78, 5) is 27.5. The van der Waals surface area contributed by atoms with Gasteiger partial charge in [0, 0.05) is 24.0 Å². The normalized spacial score (nSPS) is 18.1. The zero-order valence-corrected chi connectivity index (χ0v) is 16.7. The number of hydrogen-bond acceptors (Lipinski definition) is 3. The van der Waals surface area contributed by atoms with Gasteiger partial charge in [0.2, 0.25) is 5.91 Å². The summed E-state index contributed by atoms with van der Waals surface area (Å²) in [6, 6.07) is 12.6. The third-order valence-corrected chi connectivity index (χ3v) is 5.79. The summed E-state index contributed by atoms with van der Waals surface area (Å²) >= 11 is 0. The number of carbonyl (C=O) groups excluding carboxylic acids is 2. The van der Waals surface area contributed by atoms with Crippen molar-refractivity contribution in [2.45, 2.75) is 44.6 Å². The van der Waals surface area contributed by atoms with Crippen molar-refractivity contribution in [2.24, 2.45) is 0 Å². The SMILES string of the molecule is COc1cccc(NC(=O)N2CCCC2C(=O)Nc2cccc3c2CCCC3)c1. The number of hydrogen-bond donors (Lipinski definition) is 2. The second-order valence-electron chi connectivity index (χ2n) is 7.65. The number of carbonyl (C=O) groups is 2. The molecule has 6 nitrogen and oxygen atoms in total. The van der Waals surface area contributed by atoms with E-state index >= 15 is 0 Å². The number of nitrogens with one attached hydrogen (secondary N) is 2. The molecular formula is C23H27N3O3. The fourth-order valence-electron chi connectivity index (χ4n) is 4.29. The molecule has 1 atom stereocenters. The number of anilines is 2. The van der Waals surface area contributed by atoms with Crippen LogP contribution in [0.2, 0.25) is 0 Å². The summed E-state index contributed by atoms with van der Waals surface area (Å²) in [7, 11) is 1.59. The van der Waals surface area contributed by atoms with Gasteiger partial charge < -0.3 is 20.3 Å². The van der Waals surface area contributed by atoms with Crippen molar-refractivity contribution in [1.82, 2.24) is 4.90 Å². The first-order valence-electron chi connectivity index (χ1n) is 10.3. The standard InChI is InChI=1S/C23H27N3O3/c1-29-18-10-5-9-17(15-18)24-23(28)26-14-6-13-21(26)22(27)25-20-12-4-8-16-7-2-3-11-19(16)20/h4-5,8-10,12,15,21H,2-3,6-7,11,13-14H2,1H3,(H,24,28)(H,25,27). The van der Waals surface area contributed by atoms with E-state index in [1.807, 2.05) is 30.3 Å². The van der Waals surface area contributed by atoms with Gasteiger partial charge in [-0.1, -0.05) is 18.2 Å². The third kappa shape index (κ3) is 4.21. The molecule has 1 unspecified atom stereocenters. The third-order valence-electron chi connectivity index (χ3n) is 5.79. The van der Waals surface area contributed by atoms with E-state index in [4.69, 9.17) is 4.74 Å². The Morgan fingerprint density at radius 1 is 1.03 bits per heavy atom. The molecule has 29 heavy (non-hydrogen) atoms. The largest absolute Gasteiger partial charge is 0.497 e. The van der Waals surface area contributed by atoms with Gasteiger partial charge in [0.25, 0.3) is 0 Å². The van der Waals surface area contributed by atoms with E-state index in [-0.39, 0.29) is 11.9 Å². The Kier molecular flexibility index (Phi) is 5.69. The summed E-state index contributed by atoms with van der Waals surface area (Å²) in [6.45, 7) is 0.570. The second-order valence-corrected chi connectivity index (χ2v) is 7.65. The van der Waals surface area contributed by atoms with Crippen molar-refractivity contribution in [2.75, 3.05) is 24.3 Å². The fourth-order valence-corrected chi connectivity index (χ4v) is 4.29. The quantitative estimate of drug-likeness (QED) is 0.817. The molecule has 2 N–H and O–H groups in total. The van der Waals surface area contributed by atoms with Crippen LogP contribution >= 0.6 is 0 Å². The van der Waals surface area contributed by atoms with Crippen LogP contribution in [0.4, 0.5) is 16.2 Å². The van der Waals surface area contributed by atoms with Gasteiger partial charge in [-0.05, 0) is 67.9 Å². The van der Waals surface area contributed by atoms with Crippen LogP contribution in [-0.2, 0) is 17.6 Å².